The molecule has 0 saturated carbocycles. The Morgan fingerprint density at radius 1 is 1.16 bits per heavy atom. The predicted molar refractivity (Wildman–Crippen MR) is 98.9 cm³/mol. The van der Waals surface area contributed by atoms with E-state index in [4.69, 9.17) is 0 Å². The summed E-state index contributed by atoms with van der Waals surface area (Å²) in [5.41, 5.74) is 2.32. The van der Waals surface area contributed by atoms with E-state index in [1.807, 2.05) is 30.3 Å². The van der Waals surface area contributed by atoms with Crippen LogP contribution in [0.2, 0.25) is 0 Å². The highest BCUT2D eigenvalue weighted by molar-refractivity contribution is 7.20. The van der Waals surface area contributed by atoms with Gasteiger partial charge < -0.3 is 10.4 Å². The fraction of sp³-hybridized carbons (Fsp3) is 0.111. The molecule has 0 spiro atoms. The molecule has 3 heterocycles. The number of hydrogen-bond donors (Lipinski definition) is 2. The number of para-hydroxylation sites is 1. The minimum atomic E-state index is -0.948. The van der Waals surface area contributed by atoms with Crippen LogP contribution < -0.4 is 5.32 Å². The van der Waals surface area contributed by atoms with E-state index in [-0.39, 0.29) is 4.88 Å². The second-order valence-corrected chi connectivity index (χ2v) is 6.67. The summed E-state index contributed by atoms with van der Waals surface area (Å²) in [6.07, 6.45) is 1.74. The van der Waals surface area contributed by atoms with E-state index in [1.54, 1.807) is 20.0 Å². The summed E-state index contributed by atoms with van der Waals surface area (Å²) in [5.74, 6) is 0.235. The van der Waals surface area contributed by atoms with Crippen molar-refractivity contribution in [1.29, 1.82) is 0 Å². The Morgan fingerprint density at radius 2 is 1.96 bits per heavy atom. The lowest BCUT2D eigenvalue weighted by Crippen LogP contribution is -2.00. The van der Waals surface area contributed by atoms with E-state index in [0.717, 1.165) is 22.0 Å². The molecule has 7 heteroatoms. The van der Waals surface area contributed by atoms with Crippen LogP contribution in [-0.4, -0.2) is 26.0 Å². The predicted octanol–water partition coefficient (Wildman–Crippen LogP) is 4.30. The fourth-order valence-electron chi connectivity index (χ4n) is 2.87. The van der Waals surface area contributed by atoms with E-state index in [2.05, 4.69) is 20.3 Å². The number of carboxylic acid groups (broad SMARTS) is 1. The lowest BCUT2D eigenvalue weighted by atomic mass is 10.1. The van der Waals surface area contributed by atoms with Crippen LogP contribution in [0.3, 0.4) is 0 Å². The van der Waals surface area contributed by atoms with Gasteiger partial charge >= 0.3 is 5.97 Å². The Labute approximate surface area is 147 Å². The third kappa shape index (κ3) is 2.58. The molecule has 124 valence electrons. The zero-order valence-corrected chi connectivity index (χ0v) is 14.4. The molecular formula is C18H14N4O2S. The highest BCUT2D eigenvalue weighted by Crippen LogP contribution is 2.35. The molecule has 0 aliphatic carbocycles. The van der Waals surface area contributed by atoms with Crippen LogP contribution in [0.5, 0.6) is 0 Å². The van der Waals surface area contributed by atoms with Crippen molar-refractivity contribution >= 4 is 49.9 Å². The first-order valence-electron chi connectivity index (χ1n) is 7.66. The summed E-state index contributed by atoms with van der Waals surface area (Å²) >= 11 is 1.17. The van der Waals surface area contributed by atoms with Gasteiger partial charge in [-0.05, 0) is 31.5 Å². The lowest BCUT2D eigenvalue weighted by molar-refractivity contribution is 0.0701. The minimum Gasteiger partial charge on any atom is -0.477 e. The number of fused-ring (bicyclic) bond motifs is 2. The van der Waals surface area contributed by atoms with Gasteiger partial charge in [-0.2, -0.15) is 0 Å². The summed E-state index contributed by atoms with van der Waals surface area (Å²) < 4.78 is 0. The number of aryl methyl sites for hydroxylation is 2. The van der Waals surface area contributed by atoms with Crippen molar-refractivity contribution in [2.24, 2.45) is 0 Å². The van der Waals surface area contributed by atoms with Gasteiger partial charge in [-0.1, -0.05) is 18.2 Å². The Kier molecular flexibility index (Phi) is 3.58. The van der Waals surface area contributed by atoms with Crippen LogP contribution in [0.1, 0.15) is 21.1 Å². The molecule has 0 fully saturated rings. The van der Waals surface area contributed by atoms with Gasteiger partial charge in [-0.25, -0.2) is 14.8 Å². The summed E-state index contributed by atoms with van der Waals surface area (Å²) in [4.78, 5) is 25.7. The molecule has 0 unspecified atom stereocenters. The van der Waals surface area contributed by atoms with Gasteiger partial charge in [0.1, 0.15) is 21.3 Å². The number of nitrogens with one attached hydrogen (secondary N) is 1. The first kappa shape index (κ1) is 15.5. The Hall–Kier alpha value is -3.06. The molecule has 4 rings (SSSR count). The topological polar surface area (TPSA) is 88.0 Å². The lowest BCUT2D eigenvalue weighted by Gasteiger charge is -2.10. The number of nitrogens with zero attached hydrogens (tertiary/aromatic N) is 3. The number of aromatic nitrogens is 3. The van der Waals surface area contributed by atoms with Crippen LogP contribution in [-0.2, 0) is 0 Å². The molecule has 0 amide bonds. The molecular weight excluding hydrogens is 336 g/mol. The largest absolute Gasteiger partial charge is 0.477 e. The third-order valence-electron chi connectivity index (χ3n) is 3.98. The SMILES string of the molecule is Cc1nc(Nc2cccc3cccnc23)c2c(C)c(C(=O)O)sc2n1. The van der Waals surface area contributed by atoms with Gasteiger partial charge in [0, 0.05) is 11.6 Å². The monoisotopic (exact) mass is 350 g/mol. The van der Waals surface area contributed by atoms with Gasteiger partial charge in [0.15, 0.2) is 0 Å². The van der Waals surface area contributed by atoms with Crippen LogP contribution in [0, 0.1) is 13.8 Å². The molecule has 2 N–H and O–H groups in total. The first-order chi connectivity index (χ1) is 12.0. The van der Waals surface area contributed by atoms with Crippen molar-refractivity contribution in [3.05, 3.63) is 52.8 Å². The molecule has 3 aromatic heterocycles. The number of hydrogen-bond acceptors (Lipinski definition) is 6. The van der Waals surface area contributed by atoms with Crippen molar-refractivity contribution < 1.29 is 9.90 Å². The smallest absolute Gasteiger partial charge is 0.346 e. The molecule has 0 saturated heterocycles. The first-order valence-corrected chi connectivity index (χ1v) is 8.48. The quantitative estimate of drug-likeness (QED) is 0.573. The Bertz CT molecular complexity index is 1130. The molecule has 25 heavy (non-hydrogen) atoms. The van der Waals surface area contributed by atoms with Crippen molar-refractivity contribution in [2.45, 2.75) is 13.8 Å². The minimum absolute atomic E-state index is 0.286. The third-order valence-corrected chi connectivity index (χ3v) is 5.16. The maximum atomic E-state index is 11.5. The van der Waals surface area contributed by atoms with E-state index in [9.17, 15) is 9.90 Å². The molecule has 4 aromatic rings. The second-order valence-electron chi connectivity index (χ2n) is 5.67. The van der Waals surface area contributed by atoms with Gasteiger partial charge in [0.25, 0.3) is 0 Å². The van der Waals surface area contributed by atoms with E-state index in [0.29, 0.717) is 22.0 Å². The van der Waals surface area contributed by atoms with Crippen LogP contribution in [0.15, 0.2) is 36.5 Å². The molecule has 1 aromatic carbocycles. The van der Waals surface area contributed by atoms with Crippen LogP contribution >= 0.6 is 11.3 Å². The average molecular weight is 350 g/mol. The van der Waals surface area contributed by atoms with Crippen molar-refractivity contribution in [2.75, 3.05) is 5.32 Å². The fourth-order valence-corrected chi connectivity index (χ4v) is 3.94. The molecule has 6 nitrogen and oxygen atoms in total. The molecule has 0 atom stereocenters. The second kappa shape index (κ2) is 5.78. The van der Waals surface area contributed by atoms with E-state index in [1.165, 1.54) is 11.3 Å². The summed E-state index contributed by atoms with van der Waals surface area (Å²) in [7, 11) is 0. The van der Waals surface area contributed by atoms with Crippen molar-refractivity contribution in [3.63, 3.8) is 0 Å². The molecule has 0 bridgehead atoms. The number of carbonyl (C=O) groups is 1. The summed E-state index contributed by atoms with van der Waals surface area (Å²) in [6.45, 7) is 3.58. The highest BCUT2D eigenvalue weighted by Gasteiger charge is 2.20. The number of benzene rings is 1. The van der Waals surface area contributed by atoms with Gasteiger partial charge in [0.2, 0.25) is 0 Å². The summed E-state index contributed by atoms with van der Waals surface area (Å²) in [5, 5.41) is 14.5. The normalized spacial score (nSPS) is 11.1. The average Bonchev–Trinajstić information content (AvgIpc) is 2.92. The number of pyridine rings is 1. The van der Waals surface area contributed by atoms with Gasteiger partial charge in [-0.3, -0.25) is 4.98 Å². The number of carboxylic acids is 1. The number of aromatic carboxylic acids is 1. The number of thiophene rings is 1. The van der Waals surface area contributed by atoms with Gasteiger partial charge in [0.05, 0.1) is 16.6 Å². The van der Waals surface area contributed by atoms with Crippen LogP contribution in [0.25, 0.3) is 21.1 Å². The van der Waals surface area contributed by atoms with Crippen molar-refractivity contribution in [3.8, 4) is 0 Å². The number of anilines is 2. The number of rotatable bonds is 3. The maximum absolute atomic E-state index is 11.5. The van der Waals surface area contributed by atoms with Crippen LogP contribution in [0.4, 0.5) is 11.5 Å². The zero-order chi connectivity index (χ0) is 17.6. The standard InChI is InChI=1S/C18H14N4O2S/c1-9-13-16(20-10(2)21-17(13)25-15(9)18(23)24)22-12-7-3-5-11-6-4-8-19-14(11)12/h3-8H,1-2H3,(H,23,24)(H,20,21,22). The van der Waals surface area contributed by atoms with Crippen molar-refractivity contribution in [1.82, 2.24) is 15.0 Å². The highest BCUT2D eigenvalue weighted by atomic mass is 32.1. The Morgan fingerprint density at radius 3 is 2.76 bits per heavy atom. The van der Waals surface area contributed by atoms with Gasteiger partial charge in [-0.15, -0.1) is 11.3 Å². The zero-order valence-electron chi connectivity index (χ0n) is 13.6. The maximum Gasteiger partial charge on any atom is 0.346 e. The molecule has 0 aliphatic rings. The molecule has 0 aliphatic heterocycles. The van der Waals surface area contributed by atoms with E-state index >= 15 is 0 Å². The van der Waals surface area contributed by atoms with E-state index < -0.39 is 5.97 Å². The molecule has 0 radical (unpaired) electrons. The summed E-state index contributed by atoms with van der Waals surface area (Å²) in [6, 6.07) is 9.75. The Balaban J connectivity index is 1.93.